The average molecular weight is 361 g/mol. The number of hydrogen-bond donors (Lipinski definition) is 1. The molecule has 0 saturated carbocycles. The van der Waals surface area contributed by atoms with Crippen molar-refractivity contribution in [3.8, 4) is 0 Å². The number of hydrogen-bond acceptors (Lipinski definition) is 4. The van der Waals surface area contributed by atoms with Gasteiger partial charge in [0, 0.05) is 17.6 Å². The first kappa shape index (κ1) is 14.4. The minimum absolute atomic E-state index is 0.323. The highest BCUT2D eigenvalue weighted by Gasteiger charge is 2.25. The summed E-state index contributed by atoms with van der Waals surface area (Å²) in [6.07, 6.45) is 0. The van der Waals surface area contributed by atoms with Gasteiger partial charge in [0.1, 0.15) is 4.90 Å². The summed E-state index contributed by atoms with van der Waals surface area (Å²) in [5, 5.41) is 0. The van der Waals surface area contributed by atoms with Crippen LogP contribution in [0.2, 0.25) is 0 Å². The third-order valence-electron chi connectivity index (χ3n) is 2.74. The molecule has 0 saturated heterocycles. The minimum Gasteiger partial charge on any atom is -0.399 e. The molecule has 1 aromatic carbocycles. The van der Waals surface area contributed by atoms with Gasteiger partial charge in [0.05, 0.1) is 9.47 Å². The van der Waals surface area contributed by atoms with E-state index in [1.165, 1.54) is 22.7 Å². The Hall–Kier alpha value is -1.05. The lowest BCUT2D eigenvalue weighted by Crippen LogP contribution is -2.26. The number of sulfonamides is 1. The predicted molar refractivity (Wildman–Crippen MR) is 83.2 cm³/mol. The second kappa shape index (κ2) is 5.15. The summed E-state index contributed by atoms with van der Waals surface area (Å²) < 4.78 is 27.1. The van der Waals surface area contributed by atoms with Gasteiger partial charge in [0.2, 0.25) is 0 Å². The molecule has 4 nitrogen and oxygen atoms in total. The van der Waals surface area contributed by atoms with E-state index >= 15 is 0 Å². The van der Waals surface area contributed by atoms with Gasteiger partial charge in [-0.3, -0.25) is 4.31 Å². The second-order valence-electron chi connectivity index (χ2n) is 4.04. The van der Waals surface area contributed by atoms with Crippen molar-refractivity contribution in [1.29, 1.82) is 0 Å². The molecule has 0 aliphatic carbocycles. The molecule has 1 aromatic heterocycles. The number of thiophene rings is 1. The van der Waals surface area contributed by atoms with Crippen molar-refractivity contribution in [2.45, 2.75) is 11.8 Å². The van der Waals surface area contributed by atoms with Gasteiger partial charge in [0.25, 0.3) is 10.0 Å². The first-order valence-electron chi connectivity index (χ1n) is 5.43. The van der Waals surface area contributed by atoms with Gasteiger partial charge in [0.15, 0.2) is 0 Å². The second-order valence-corrected chi connectivity index (χ2v) is 8.61. The molecule has 0 atom stereocenters. The van der Waals surface area contributed by atoms with E-state index in [9.17, 15) is 8.42 Å². The summed E-state index contributed by atoms with van der Waals surface area (Å²) in [6, 6.07) is 8.35. The number of anilines is 2. The van der Waals surface area contributed by atoms with E-state index in [1.807, 2.05) is 0 Å². The first-order chi connectivity index (χ1) is 8.82. The highest BCUT2D eigenvalue weighted by atomic mass is 79.9. The zero-order valence-electron chi connectivity index (χ0n) is 10.4. The van der Waals surface area contributed by atoms with Crippen LogP contribution in [0.3, 0.4) is 0 Å². The standard InChI is InChI=1S/C12H13BrN2O2S2/c1-8-11(7-12(13)18-8)19(16,17)15(2)10-5-3-9(14)4-6-10/h3-7H,14H2,1-2H3. The Bertz CT molecular complexity index is 693. The van der Waals surface area contributed by atoms with Gasteiger partial charge in [-0.15, -0.1) is 11.3 Å². The lowest BCUT2D eigenvalue weighted by atomic mass is 10.3. The fourth-order valence-corrected chi connectivity index (χ4v) is 5.23. The quantitative estimate of drug-likeness (QED) is 0.854. The number of benzene rings is 1. The van der Waals surface area contributed by atoms with Gasteiger partial charge in [-0.2, -0.15) is 0 Å². The molecule has 0 fully saturated rings. The molecule has 0 aliphatic heterocycles. The van der Waals surface area contributed by atoms with Crippen molar-refractivity contribution in [3.63, 3.8) is 0 Å². The molecule has 2 N–H and O–H groups in total. The maximum Gasteiger partial charge on any atom is 0.265 e. The average Bonchev–Trinajstić information content (AvgIpc) is 2.69. The Labute approximate surface area is 125 Å². The largest absolute Gasteiger partial charge is 0.399 e. The molecule has 0 bridgehead atoms. The smallest absolute Gasteiger partial charge is 0.265 e. The molecular formula is C12H13BrN2O2S2. The Balaban J connectivity index is 2.45. The van der Waals surface area contributed by atoms with E-state index in [2.05, 4.69) is 15.9 Å². The van der Waals surface area contributed by atoms with Gasteiger partial charge < -0.3 is 5.73 Å². The van der Waals surface area contributed by atoms with Gasteiger partial charge in [-0.1, -0.05) is 0 Å². The zero-order valence-corrected chi connectivity index (χ0v) is 13.6. The van der Waals surface area contributed by atoms with Crippen molar-refractivity contribution in [1.82, 2.24) is 0 Å². The van der Waals surface area contributed by atoms with Crippen LogP contribution >= 0.6 is 27.3 Å². The van der Waals surface area contributed by atoms with Crippen LogP contribution in [0.25, 0.3) is 0 Å². The van der Waals surface area contributed by atoms with Crippen LogP contribution in [-0.4, -0.2) is 15.5 Å². The fraction of sp³-hybridized carbons (Fsp3) is 0.167. The van der Waals surface area contributed by atoms with Crippen LogP contribution in [0.4, 0.5) is 11.4 Å². The molecule has 102 valence electrons. The molecule has 0 spiro atoms. The van der Waals surface area contributed by atoms with E-state index in [0.29, 0.717) is 16.3 Å². The first-order valence-corrected chi connectivity index (χ1v) is 8.48. The third-order valence-corrected chi connectivity index (χ3v) is 6.33. The predicted octanol–water partition coefficient (Wildman–Crippen LogP) is 3.23. The monoisotopic (exact) mass is 360 g/mol. The molecule has 2 rings (SSSR count). The van der Waals surface area contributed by atoms with E-state index in [-0.39, 0.29) is 0 Å². The Morgan fingerprint density at radius 1 is 1.26 bits per heavy atom. The lowest BCUT2D eigenvalue weighted by Gasteiger charge is -2.19. The topological polar surface area (TPSA) is 63.4 Å². The maximum atomic E-state index is 12.5. The number of nitrogens with two attached hydrogens (primary N) is 1. The molecule has 0 radical (unpaired) electrons. The SMILES string of the molecule is Cc1sc(Br)cc1S(=O)(=O)N(C)c1ccc(N)cc1. The highest BCUT2D eigenvalue weighted by Crippen LogP contribution is 2.32. The van der Waals surface area contributed by atoms with Crippen LogP contribution in [0.5, 0.6) is 0 Å². The third kappa shape index (κ3) is 2.77. The van der Waals surface area contributed by atoms with Crippen LogP contribution in [0, 0.1) is 6.92 Å². The highest BCUT2D eigenvalue weighted by molar-refractivity contribution is 9.11. The van der Waals surface area contributed by atoms with Crippen LogP contribution in [-0.2, 0) is 10.0 Å². The molecule has 2 aromatic rings. The van der Waals surface area contributed by atoms with Crippen molar-refractivity contribution < 1.29 is 8.42 Å². The Kier molecular flexibility index (Phi) is 3.89. The summed E-state index contributed by atoms with van der Waals surface area (Å²) in [6.45, 7) is 1.79. The number of halogens is 1. The van der Waals surface area contributed by atoms with E-state index in [0.717, 1.165) is 8.66 Å². The van der Waals surface area contributed by atoms with Crippen molar-refractivity contribution >= 4 is 48.7 Å². The Morgan fingerprint density at radius 3 is 2.32 bits per heavy atom. The maximum absolute atomic E-state index is 12.5. The number of aryl methyl sites for hydroxylation is 1. The van der Waals surface area contributed by atoms with E-state index in [4.69, 9.17) is 5.73 Å². The summed E-state index contributed by atoms with van der Waals surface area (Å²) in [4.78, 5) is 1.08. The summed E-state index contributed by atoms with van der Waals surface area (Å²) in [5.74, 6) is 0. The fourth-order valence-electron chi connectivity index (χ4n) is 1.66. The molecule has 7 heteroatoms. The minimum atomic E-state index is -3.54. The molecule has 0 unspecified atom stereocenters. The van der Waals surface area contributed by atoms with Gasteiger partial charge in [-0.25, -0.2) is 8.42 Å². The Morgan fingerprint density at radius 2 is 1.84 bits per heavy atom. The summed E-state index contributed by atoms with van der Waals surface area (Å²) in [7, 11) is -2.01. The van der Waals surface area contributed by atoms with Gasteiger partial charge >= 0.3 is 0 Å². The number of nitrogens with zero attached hydrogens (tertiary/aromatic N) is 1. The van der Waals surface area contributed by atoms with Crippen molar-refractivity contribution in [3.05, 3.63) is 39.0 Å². The molecule has 19 heavy (non-hydrogen) atoms. The number of nitrogen functional groups attached to an aromatic ring is 1. The zero-order chi connectivity index (χ0) is 14.2. The number of rotatable bonds is 3. The van der Waals surface area contributed by atoms with Crippen LogP contribution in [0.1, 0.15) is 4.88 Å². The van der Waals surface area contributed by atoms with E-state index < -0.39 is 10.0 Å². The van der Waals surface area contributed by atoms with Crippen LogP contribution < -0.4 is 10.0 Å². The molecular weight excluding hydrogens is 348 g/mol. The van der Waals surface area contributed by atoms with Gasteiger partial charge in [-0.05, 0) is 53.2 Å². The van der Waals surface area contributed by atoms with Crippen molar-refractivity contribution in [2.24, 2.45) is 0 Å². The van der Waals surface area contributed by atoms with E-state index in [1.54, 1.807) is 37.3 Å². The summed E-state index contributed by atoms with van der Waals surface area (Å²) >= 11 is 4.71. The molecule has 0 amide bonds. The normalized spacial score (nSPS) is 11.5. The molecule has 0 aliphatic rings. The van der Waals surface area contributed by atoms with Crippen molar-refractivity contribution in [2.75, 3.05) is 17.1 Å². The van der Waals surface area contributed by atoms with Crippen LogP contribution in [0.15, 0.2) is 39.0 Å². The molecule has 1 heterocycles. The lowest BCUT2D eigenvalue weighted by molar-refractivity contribution is 0.594. The summed E-state index contributed by atoms with van der Waals surface area (Å²) in [5.41, 5.74) is 6.78.